The van der Waals surface area contributed by atoms with Gasteiger partial charge in [0.2, 0.25) is 0 Å². The quantitative estimate of drug-likeness (QED) is 0.821. The predicted octanol–water partition coefficient (Wildman–Crippen LogP) is 2.14. The molecular weight excluding hydrogens is 186 g/mol. The summed E-state index contributed by atoms with van der Waals surface area (Å²) in [5, 5.41) is 4.25. The van der Waals surface area contributed by atoms with Gasteiger partial charge in [-0.2, -0.15) is 5.10 Å². The van der Waals surface area contributed by atoms with Crippen molar-refractivity contribution in [2.45, 2.75) is 37.5 Å². The first-order chi connectivity index (χ1) is 7.32. The Morgan fingerprint density at radius 3 is 2.80 bits per heavy atom. The van der Waals surface area contributed by atoms with Gasteiger partial charge in [0.15, 0.2) is 0 Å². The van der Waals surface area contributed by atoms with Crippen molar-refractivity contribution >= 4 is 6.20 Å². The van der Waals surface area contributed by atoms with E-state index in [0.29, 0.717) is 6.54 Å². The minimum Gasteiger partial charge on any atom is -0.330 e. The van der Waals surface area contributed by atoms with Gasteiger partial charge in [0.25, 0.3) is 0 Å². The first-order valence-corrected chi connectivity index (χ1v) is 5.69. The fraction of sp³-hybridized carbons (Fsp3) is 0.583. The highest BCUT2D eigenvalue weighted by Crippen LogP contribution is 2.38. The fourth-order valence-electron chi connectivity index (χ4n) is 2.67. The molecule has 0 aromatic carbocycles. The maximum atomic E-state index is 5.98. The summed E-state index contributed by atoms with van der Waals surface area (Å²) in [7, 11) is 0. The first kappa shape index (κ1) is 10.4. The topological polar surface area (TPSA) is 43.8 Å². The van der Waals surface area contributed by atoms with Gasteiger partial charge >= 0.3 is 0 Å². The molecule has 1 aromatic heterocycles. The molecule has 0 radical (unpaired) electrons. The number of hydrogen-bond acceptors (Lipinski definition) is 2. The smallest absolute Gasteiger partial charge is 0.0509 e. The van der Waals surface area contributed by atoms with Gasteiger partial charge in [-0.1, -0.05) is 25.8 Å². The van der Waals surface area contributed by atoms with Crippen molar-refractivity contribution in [3.05, 3.63) is 24.5 Å². The molecule has 0 amide bonds. The number of hydrogen-bond donors (Lipinski definition) is 1. The van der Waals surface area contributed by atoms with E-state index in [1.54, 1.807) is 6.20 Å². The van der Waals surface area contributed by atoms with Gasteiger partial charge in [0.05, 0.1) is 5.69 Å². The van der Waals surface area contributed by atoms with Crippen molar-refractivity contribution in [3.63, 3.8) is 0 Å². The molecule has 0 saturated heterocycles. The second kappa shape index (κ2) is 4.19. The molecule has 82 valence electrons. The summed E-state index contributed by atoms with van der Waals surface area (Å²) in [5.74, 6) is 0. The van der Waals surface area contributed by atoms with Crippen LogP contribution >= 0.6 is 0 Å². The van der Waals surface area contributed by atoms with Gasteiger partial charge in [-0.15, -0.1) is 0 Å². The van der Waals surface area contributed by atoms with Crippen LogP contribution in [0.2, 0.25) is 0 Å². The van der Waals surface area contributed by atoms with Crippen LogP contribution in [0.25, 0.3) is 6.20 Å². The van der Waals surface area contributed by atoms with E-state index in [1.807, 2.05) is 10.9 Å². The van der Waals surface area contributed by atoms with Crippen LogP contribution in [0.5, 0.6) is 0 Å². The van der Waals surface area contributed by atoms with Crippen LogP contribution in [-0.2, 0) is 5.41 Å². The molecule has 1 saturated carbocycles. The Balaban J connectivity index is 2.36. The Bertz CT molecular complexity index is 334. The van der Waals surface area contributed by atoms with E-state index in [-0.39, 0.29) is 5.41 Å². The third kappa shape index (κ3) is 1.72. The van der Waals surface area contributed by atoms with Crippen LogP contribution in [0, 0.1) is 0 Å². The van der Waals surface area contributed by atoms with E-state index >= 15 is 0 Å². The molecule has 1 aromatic rings. The third-order valence-electron chi connectivity index (χ3n) is 3.59. The lowest BCUT2D eigenvalue weighted by molar-refractivity contribution is 0.289. The average Bonchev–Trinajstić information content (AvgIpc) is 2.78. The van der Waals surface area contributed by atoms with Crippen molar-refractivity contribution in [2.75, 3.05) is 6.54 Å². The molecular formula is C12H19N3. The molecule has 0 bridgehead atoms. The molecule has 1 aliphatic rings. The molecule has 0 spiro atoms. The summed E-state index contributed by atoms with van der Waals surface area (Å²) < 4.78 is 1.87. The molecule has 1 fully saturated rings. The molecule has 15 heavy (non-hydrogen) atoms. The van der Waals surface area contributed by atoms with Crippen LogP contribution in [0.3, 0.4) is 0 Å². The van der Waals surface area contributed by atoms with Crippen molar-refractivity contribution < 1.29 is 0 Å². The van der Waals surface area contributed by atoms with Crippen LogP contribution in [-0.4, -0.2) is 16.3 Å². The van der Waals surface area contributed by atoms with Crippen LogP contribution < -0.4 is 5.73 Å². The summed E-state index contributed by atoms with van der Waals surface area (Å²) in [6, 6.07) is 2.08. The average molecular weight is 205 g/mol. The SMILES string of the molecule is C=Cn1nccc1C1(CN)CCCCC1. The Labute approximate surface area is 91.0 Å². The Hall–Kier alpha value is -1.09. The van der Waals surface area contributed by atoms with Gasteiger partial charge in [0.1, 0.15) is 0 Å². The highest BCUT2D eigenvalue weighted by Gasteiger charge is 2.34. The van der Waals surface area contributed by atoms with Gasteiger partial charge in [-0.05, 0) is 18.9 Å². The molecule has 1 heterocycles. The van der Waals surface area contributed by atoms with Crippen molar-refractivity contribution in [3.8, 4) is 0 Å². The first-order valence-electron chi connectivity index (χ1n) is 5.69. The highest BCUT2D eigenvalue weighted by atomic mass is 15.3. The van der Waals surface area contributed by atoms with E-state index in [9.17, 15) is 0 Å². The minimum absolute atomic E-state index is 0.142. The van der Waals surface area contributed by atoms with E-state index in [4.69, 9.17) is 5.73 Å². The van der Waals surface area contributed by atoms with Gasteiger partial charge in [-0.3, -0.25) is 0 Å². The summed E-state index contributed by atoms with van der Waals surface area (Å²) in [6.45, 7) is 4.50. The Morgan fingerprint density at radius 2 is 2.20 bits per heavy atom. The van der Waals surface area contributed by atoms with Gasteiger partial charge < -0.3 is 5.73 Å². The van der Waals surface area contributed by atoms with Crippen molar-refractivity contribution in [1.82, 2.24) is 9.78 Å². The maximum absolute atomic E-state index is 5.98. The number of rotatable bonds is 3. The third-order valence-corrected chi connectivity index (χ3v) is 3.59. The van der Waals surface area contributed by atoms with Crippen LogP contribution in [0.15, 0.2) is 18.8 Å². The van der Waals surface area contributed by atoms with E-state index in [0.717, 1.165) is 0 Å². The van der Waals surface area contributed by atoms with E-state index in [2.05, 4.69) is 17.7 Å². The zero-order valence-electron chi connectivity index (χ0n) is 9.15. The largest absolute Gasteiger partial charge is 0.330 e. The molecule has 2 N–H and O–H groups in total. The van der Waals surface area contributed by atoms with Crippen molar-refractivity contribution in [1.29, 1.82) is 0 Å². The van der Waals surface area contributed by atoms with E-state index < -0.39 is 0 Å². The standard InChI is InChI=1S/C12H19N3/c1-2-15-11(6-9-14-15)12(10-13)7-4-3-5-8-12/h2,6,9H,1,3-5,7-8,10,13H2. The molecule has 2 rings (SSSR count). The lowest BCUT2D eigenvalue weighted by Crippen LogP contribution is -2.38. The van der Waals surface area contributed by atoms with Crippen LogP contribution in [0.1, 0.15) is 37.8 Å². The molecule has 0 atom stereocenters. The summed E-state index contributed by atoms with van der Waals surface area (Å²) in [5.41, 5.74) is 7.36. The molecule has 0 unspecified atom stereocenters. The highest BCUT2D eigenvalue weighted by molar-refractivity contribution is 5.27. The zero-order valence-corrected chi connectivity index (χ0v) is 9.15. The Kier molecular flexibility index (Phi) is 2.91. The molecule has 3 heteroatoms. The lowest BCUT2D eigenvalue weighted by Gasteiger charge is -2.36. The molecule has 1 aliphatic carbocycles. The zero-order chi connectivity index (χ0) is 10.7. The second-order valence-corrected chi connectivity index (χ2v) is 4.39. The normalized spacial score (nSPS) is 20.1. The second-order valence-electron chi connectivity index (χ2n) is 4.39. The van der Waals surface area contributed by atoms with Gasteiger partial charge in [-0.25, -0.2) is 4.68 Å². The number of aromatic nitrogens is 2. The van der Waals surface area contributed by atoms with Crippen LogP contribution in [0.4, 0.5) is 0 Å². The lowest BCUT2D eigenvalue weighted by atomic mass is 9.72. The fourth-order valence-corrected chi connectivity index (χ4v) is 2.67. The summed E-state index contributed by atoms with van der Waals surface area (Å²) >= 11 is 0. The van der Waals surface area contributed by atoms with Gasteiger partial charge in [0, 0.05) is 24.4 Å². The Morgan fingerprint density at radius 1 is 1.47 bits per heavy atom. The van der Waals surface area contributed by atoms with E-state index in [1.165, 1.54) is 37.8 Å². The molecule has 3 nitrogen and oxygen atoms in total. The minimum atomic E-state index is 0.142. The molecule has 0 aliphatic heterocycles. The predicted molar refractivity (Wildman–Crippen MR) is 62.4 cm³/mol. The number of nitrogens with two attached hydrogens (primary N) is 1. The maximum Gasteiger partial charge on any atom is 0.0509 e. The number of nitrogens with zero attached hydrogens (tertiary/aromatic N) is 2. The summed E-state index contributed by atoms with van der Waals surface area (Å²) in [4.78, 5) is 0. The van der Waals surface area contributed by atoms with Crippen molar-refractivity contribution in [2.24, 2.45) is 5.73 Å². The summed E-state index contributed by atoms with van der Waals surface area (Å²) in [6.07, 6.45) is 9.86. The monoisotopic (exact) mass is 205 g/mol.